The maximum Gasteiger partial charge on any atom is 0.573 e. The summed E-state index contributed by atoms with van der Waals surface area (Å²) in [6.45, 7) is 3.90. The van der Waals surface area contributed by atoms with Crippen LogP contribution in [-0.4, -0.2) is 57.2 Å². The maximum atomic E-state index is 12.2. The van der Waals surface area contributed by atoms with Gasteiger partial charge in [-0.1, -0.05) is 12.1 Å². The Morgan fingerprint density at radius 3 is 2.34 bits per heavy atom. The third-order valence-corrected chi connectivity index (χ3v) is 4.64. The van der Waals surface area contributed by atoms with Gasteiger partial charge >= 0.3 is 6.36 Å². The Bertz CT molecular complexity index is 922. The van der Waals surface area contributed by atoms with Gasteiger partial charge in [0.1, 0.15) is 17.9 Å². The van der Waals surface area contributed by atoms with E-state index < -0.39 is 6.36 Å². The van der Waals surface area contributed by atoms with Crippen LogP contribution >= 0.6 is 0 Å². The molecule has 4 rings (SSSR count). The highest BCUT2D eigenvalue weighted by Crippen LogP contribution is 2.23. The van der Waals surface area contributed by atoms with Gasteiger partial charge in [-0.15, -0.1) is 13.2 Å². The molecule has 0 spiro atoms. The summed E-state index contributed by atoms with van der Waals surface area (Å²) in [6.07, 6.45) is 0.386. The second kappa shape index (κ2) is 8.08. The zero-order chi connectivity index (χ0) is 20.3. The fraction of sp³-hybridized carbons (Fsp3) is 0.316. The summed E-state index contributed by atoms with van der Waals surface area (Å²) in [6, 6.07) is 9.75. The quantitative estimate of drug-likeness (QED) is 0.652. The molecule has 7 nitrogen and oxygen atoms in total. The molecule has 1 aromatic carbocycles. The van der Waals surface area contributed by atoms with Crippen LogP contribution in [0.3, 0.4) is 0 Å². The number of anilines is 1. The summed E-state index contributed by atoms with van der Waals surface area (Å²) in [5, 5.41) is 4.19. The third kappa shape index (κ3) is 5.02. The molecular weight excluding hydrogens is 385 g/mol. The minimum absolute atomic E-state index is 0.206. The smallest absolute Gasteiger partial charge is 0.406 e. The molecule has 0 unspecified atom stereocenters. The van der Waals surface area contributed by atoms with E-state index in [1.165, 1.54) is 18.5 Å². The Hall–Kier alpha value is -3.14. The monoisotopic (exact) mass is 404 g/mol. The highest BCUT2D eigenvalue weighted by Gasteiger charge is 2.31. The molecule has 0 bridgehead atoms. The van der Waals surface area contributed by atoms with Crippen molar-refractivity contribution in [3.05, 3.63) is 60.7 Å². The van der Waals surface area contributed by atoms with Crippen molar-refractivity contribution in [2.24, 2.45) is 0 Å². The molecule has 0 saturated carbocycles. The Morgan fingerprint density at radius 2 is 1.69 bits per heavy atom. The first-order valence-electron chi connectivity index (χ1n) is 9.10. The molecule has 10 heteroatoms. The van der Waals surface area contributed by atoms with Crippen molar-refractivity contribution in [1.29, 1.82) is 0 Å². The first-order valence-corrected chi connectivity index (χ1v) is 9.10. The van der Waals surface area contributed by atoms with Crippen molar-refractivity contribution in [3.8, 4) is 11.6 Å². The topological polar surface area (TPSA) is 59.3 Å². The maximum absolute atomic E-state index is 12.2. The minimum Gasteiger partial charge on any atom is -0.406 e. The fourth-order valence-corrected chi connectivity index (χ4v) is 3.23. The number of piperazine rings is 1. The molecule has 0 radical (unpaired) electrons. The molecule has 0 aliphatic carbocycles. The van der Waals surface area contributed by atoms with E-state index in [0.717, 1.165) is 37.6 Å². The van der Waals surface area contributed by atoms with Crippen LogP contribution in [0.25, 0.3) is 5.82 Å². The van der Waals surface area contributed by atoms with Gasteiger partial charge < -0.3 is 9.64 Å². The Morgan fingerprint density at radius 1 is 0.966 bits per heavy atom. The van der Waals surface area contributed by atoms with Crippen molar-refractivity contribution < 1.29 is 17.9 Å². The van der Waals surface area contributed by atoms with Gasteiger partial charge in [-0.3, -0.25) is 4.90 Å². The van der Waals surface area contributed by atoms with Gasteiger partial charge in [0.25, 0.3) is 0 Å². The van der Waals surface area contributed by atoms with E-state index in [-0.39, 0.29) is 5.75 Å². The van der Waals surface area contributed by atoms with Crippen LogP contribution in [0.5, 0.6) is 5.75 Å². The number of rotatable bonds is 5. The number of ether oxygens (including phenoxy) is 1. The van der Waals surface area contributed by atoms with Crippen LogP contribution in [0, 0.1) is 0 Å². The summed E-state index contributed by atoms with van der Waals surface area (Å²) >= 11 is 0. The fourth-order valence-electron chi connectivity index (χ4n) is 3.23. The molecule has 3 aromatic rings. The normalized spacial score (nSPS) is 15.5. The van der Waals surface area contributed by atoms with E-state index in [1.807, 2.05) is 18.3 Å². The van der Waals surface area contributed by atoms with Crippen molar-refractivity contribution in [3.63, 3.8) is 0 Å². The highest BCUT2D eigenvalue weighted by molar-refractivity contribution is 5.43. The van der Waals surface area contributed by atoms with Crippen LogP contribution in [0.4, 0.5) is 19.0 Å². The number of hydrogen-bond donors (Lipinski definition) is 0. The molecule has 0 amide bonds. The van der Waals surface area contributed by atoms with E-state index in [1.54, 1.807) is 23.0 Å². The second-order valence-corrected chi connectivity index (χ2v) is 6.64. The van der Waals surface area contributed by atoms with E-state index in [9.17, 15) is 13.2 Å². The summed E-state index contributed by atoms with van der Waals surface area (Å²) in [7, 11) is 0. The summed E-state index contributed by atoms with van der Waals surface area (Å²) in [5.41, 5.74) is 0.941. The molecule has 1 aliphatic rings. The van der Waals surface area contributed by atoms with Crippen LogP contribution in [0.1, 0.15) is 5.56 Å². The molecule has 1 aliphatic heterocycles. The SMILES string of the molecule is FC(F)(F)Oc1ccc(CN2CCN(c3cc(-n4cccn4)ncn3)CC2)cc1. The van der Waals surface area contributed by atoms with Gasteiger partial charge in [-0.05, 0) is 23.8 Å². The molecule has 0 N–H and O–H groups in total. The van der Waals surface area contributed by atoms with Crippen molar-refractivity contribution >= 4 is 5.82 Å². The van der Waals surface area contributed by atoms with Crippen LogP contribution in [0.15, 0.2) is 55.1 Å². The van der Waals surface area contributed by atoms with E-state index in [2.05, 4.69) is 29.6 Å². The lowest BCUT2D eigenvalue weighted by atomic mass is 10.2. The van der Waals surface area contributed by atoms with E-state index in [4.69, 9.17) is 0 Å². The Kier molecular flexibility index (Phi) is 5.34. The molecule has 152 valence electrons. The Balaban J connectivity index is 1.32. The first kappa shape index (κ1) is 19.2. The van der Waals surface area contributed by atoms with Crippen molar-refractivity contribution in [2.45, 2.75) is 12.9 Å². The van der Waals surface area contributed by atoms with Gasteiger partial charge in [0, 0.05) is 51.2 Å². The summed E-state index contributed by atoms with van der Waals surface area (Å²) < 4.78 is 42.3. The predicted molar refractivity (Wildman–Crippen MR) is 99.8 cm³/mol. The predicted octanol–water partition coefficient (Wildman–Crippen LogP) is 2.88. The minimum atomic E-state index is -4.67. The molecular formula is C19H19F3N6O. The lowest BCUT2D eigenvalue weighted by Crippen LogP contribution is -2.46. The molecule has 2 aromatic heterocycles. The number of aromatic nitrogens is 4. The summed E-state index contributed by atoms with van der Waals surface area (Å²) in [5.74, 6) is 1.35. The number of benzene rings is 1. The third-order valence-electron chi connectivity index (χ3n) is 4.64. The largest absolute Gasteiger partial charge is 0.573 e. The number of nitrogens with zero attached hydrogens (tertiary/aromatic N) is 6. The zero-order valence-electron chi connectivity index (χ0n) is 15.5. The van der Waals surface area contributed by atoms with E-state index >= 15 is 0 Å². The van der Waals surface area contributed by atoms with Crippen LogP contribution < -0.4 is 9.64 Å². The lowest BCUT2D eigenvalue weighted by molar-refractivity contribution is -0.274. The summed E-state index contributed by atoms with van der Waals surface area (Å²) in [4.78, 5) is 13.1. The van der Waals surface area contributed by atoms with Crippen molar-refractivity contribution in [2.75, 3.05) is 31.1 Å². The van der Waals surface area contributed by atoms with Gasteiger partial charge in [-0.2, -0.15) is 5.10 Å². The standard InChI is InChI=1S/C19H19F3N6O/c20-19(21,22)29-16-4-2-15(3-5-16)13-26-8-10-27(11-9-26)17-12-18(24-14-23-17)28-7-1-6-25-28/h1-7,12,14H,8-11,13H2. The second-order valence-electron chi connectivity index (χ2n) is 6.64. The van der Waals surface area contributed by atoms with Gasteiger partial charge in [0.2, 0.25) is 0 Å². The number of hydrogen-bond acceptors (Lipinski definition) is 6. The zero-order valence-corrected chi connectivity index (χ0v) is 15.5. The number of alkyl halides is 3. The van der Waals surface area contributed by atoms with Gasteiger partial charge in [0.15, 0.2) is 5.82 Å². The van der Waals surface area contributed by atoms with Gasteiger partial charge in [-0.25, -0.2) is 14.6 Å². The molecule has 1 saturated heterocycles. The molecule has 1 fully saturated rings. The first-order chi connectivity index (χ1) is 14.0. The molecule has 3 heterocycles. The van der Waals surface area contributed by atoms with Crippen LogP contribution in [-0.2, 0) is 6.54 Å². The van der Waals surface area contributed by atoms with E-state index in [0.29, 0.717) is 12.4 Å². The average Bonchev–Trinajstić information content (AvgIpc) is 3.24. The lowest BCUT2D eigenvalue weighted by Gasteiger charge is -2.35. The van der Waals surface area contributed by atoms with Crippen LogP contribution in [0.2, 0.25) is 0 Å². The molecule has 29 heavy (non-hydrogen) atoms. The van der Waals surface area contributed by atoms with Gasteiger partial charge in [0.05, 0.1) is 0 Å². The average molecular weight is 404 g/mol. The molecule has 0 atom stereocenters. The van der Waals surface area contributed by atoms with Crippen molar-refractivity contribution in [1.82, 2.24) is 24.6 Å². The highest BCUT2D eigenvalue weighted by atomic mass is 19.4. The Labute approximate surface area is 165 Å². The number of halogens is 3.